The average Bonchev–Trinajstić information content (AvgIpc) is 2.80. The largest absolute Gasteiger partial charge is 0.493 e. The molecule has 0 bridgehead atoms. The van der Waals surface area contributed by atoms with E-state index in [9.17, 15) is 9.59 Å². The van der Waals surface area contributed by atoms with E-state index in [4.69, 9.17) is 19.9 Å². The van der Waals surface area contributed by atoms with Gasteiger partial charge in [0, 0.05) is 5.69 Å². The molecule has 32 heavy (non-hydrogen) atoms. The molecule has 9 heteroatoms. The Morgan fingerprint density at radius 1 is 0.969 bits per heavy atom. The van der Waals surface area contributed by atoms with Gasteiger partial charge in [-0.1, -0.05) is 18.2 Å². The molecule has 3 amide bonds. The molecule has 0 aromatic heterocycles. The first kappa shape index (κ1) is 22.2. The maximum Gasteiger partial charge on any atom is 0.332 e. The zero-order valence-corrected chi connectivity index (χ0v) is 17.3. The third-order valence-electron chi connectivity index (χ3n) is 4.05. The fourth-order valence-electron chi connectivity index (χ4n) is 2.63. The van der Waals surface area contributed by atoms with Crippen LogP contribution < -0.4 is 30.7 Å². The number of hydrogen-bond acceptors (Lipinski definition) is 6. The van der Waals surface area contributed by atoms with Crippen LogP contribution in [0, 0.1) is 0 Å². The molecule has 0 aliphatic carbocycles. The summed E-state index contributed by atoms with van der Waals surface area (Å²) in [5, 5.41) is 6.43. The Hall–Kier alpha value is -4.53. The number of anilines is 1. The van der Waals surface area contributed by atoms with Crippen molar-refractivity contribution in [3.63, 3.8) is 0 Å². The lowest BCUT2D eigenvalue weighted by Gasteiger charge is -2.12. The molecule has 9 nitrogen and oxygen atoms in total. The molecule has 0 fully saturated rings. The summed E-state index contributed by atoms with van der Waals surface area (Å²) in [6.45, 7) is -0.213. The number of rotatable bonds is 9. The van der Waals surface area contributed by atoms with E-state index >= 15 is 0 Å². The lowest BCUT2D eigenvalue weighted by molar-refractivity contribution is -0.118. The third kappa shape index (κ3) is 6.77. The first-order chi connectivity index (χ1) is 15.5. The second-order valence-corrected chi connectivity index (χ2v) is 6.42. The number of ether oxygens (including phenoxy) is 3. The number of methoxy groups -OCH3 is 1. The molecule has 3 aromatic rings. The van der Waals surface area contributed by atoms with E-state index in [0.717, 1.165) is 5.75 Å². The number of nitrogens with two attached hydrogens (primary N) is 1. The summed E-state index contributed by atoms with van der Waals surface area (Å²) in [6.07, 6.45) is 1.40. The first-order valence-corrected chi connectivity index (χ1v) is 9.55. The molecule has 3 aromatic carbocycles. The monoisotopic (exact) mass is 434 g/mol. The fraction of sp³-hybridized carbons (Fsp3) is 0.0870. The van der Waals surface area contributed by atoms with E-state index in [1.165, 1.54) is 13.3 Å². The summed E-state index contributed by atoms with van der Waals surface area (Å²) in [6, 6.07) is 20.6. The summed E-state index contributed by atoms with van der Waals surface area (Å²) in [5.74, 6) is 1.84. The second kappa shape index (κ2) is 11.0. The van der Waals surface area contributed by atoms with Crippen LogP contribution in [0.4, 0.5) is 10.5 Å². The zero-order valence-electron chi connectivity index (χ0n) is 17.3. The number of nitrogens with one attached hydrogen (secondary N) is 2. The van der Waals surface area contributed by atoms with E-state index in [2.05, 4.69) is 15.8 Å². The molecule has 0 aliphatic rings. The van der Waals surface area contributed by atoms with Crippen LogP contribution in [0.25, 0.3) is 0 Å². The Bertz CT molecular complexity index is 1090. The van der Waals surface area contributed by atoms with Crippen LogP contribution in [-0.4, -0.2) is 31.9 Å². The second-order valence-electron chi connectivity index (χ2n) is 6.42. The van der Waals surface area contributed by atoms with E-state index in [0.29, 0.717) is 28.5 Å². The molecular formula is C23H22N4O5. The van der Waals surface area contributed by atoms with E-state index in [-0.39, 0.29) is 12.5 Å². The van der Waals surface area contributed by atoms with Gasteiger partial charge in [0.1, 0.15) is 11.5 Å². The molecule has 164 valence electrons. The van der Waals surface area contributed by atoms with Gasteiger partial charge in [-0.05, 0) is 60.2 Å². The van der Waals surface area contributed by atoms with Crippen molar-refractivity contribution in [2.24, 2.45) is 10.8 Å². The Morgan fingerprint density at radius 3 is 2.38 bits per heavy atom. The number of primary amides is 1. The molecule has 0 aliphatic heterocycles. The lowest BCUT2D eigenvalue weighted by Crippen LogP contribution is -2.24. The SMILES string of the molecule is COc1cc(/C=N/NC(N)=O)ccc1OCC(=O)Nc1ccc(Oc2ccccc2)cc1. The van der Waals surface area contributed by atoms with Crippen molar-refractivity contribution < 1.29 is 23.8 Å². The summed E-state index contributed by atoms with van der Waals surface area (Å²) >= 11 is 0. The van der Waals surface area contributed by atoms with Crippen molar-refractivity contribution >= 4 is 23.8 Å². The minimum atomic E-state index is -0.766. The van der Waals surface area contributed by atoms with E-state index in [1.807, 2.05) is 30.3 Å². The Morgan fingerprint density at radius 2 is 1.69 bits per heavy atom. The van der Waals surface area contributed by atoms with Crippen LogP contribution in [0.5, 0.6) is 23.0 Å². The van der Waals surface area contributed by atoms with Gasteiger partial charge in [-0.25, -0.2) is 10.2 Å². The quantitative estimate of drug-likeness (QED) is 0.351. The summed E-state index contributed by atoms with van der Waals surface area (Å²) in [4.78, 5) is 22.9. The van der Waals surface area contributed by atoms with Gasteiger partial charge in [0.2, 0.25) is 0 Å². The maximum atomic E-state index is 12.3. The minimum Gasteiger partial charge on any atom is -0.493 e. The number of para-hydroxylation sites is 1. The predicted octanol–water partition coefficient (Wildman–Crippen LogP) is 3.51. The number of hydrazone groups is 1. The first-order valence-electron chi connectivity index (χ1n) is 9.55. The number of hydrogen-bond donors (Lipinski definition) is 3. The highest BCUT2D eigenvalue weighted by atomic mass is 16.5. The molecule has 0 unspecified atom stereocenters. The fourth-order valence-corrected chi connectivity index (χ4v) is 2.63. The van der Waals surface area contributed by atoms with Gasteiger partial charge in [-0.3, -0.25) is 4.79 Å². The Kier molecular flexibility index (Phi) is 7.63. The van der Waals surface area contributed by atoms with E-state index in [1.54, 1.807) is 42.5 Å². The van der Waals surface area contributed by atoms with Crippen molar-refractivity contribution in [1.29, 1.82) is 0 Å². The van der Waals surface area contributed by atoms with Crippen LogP contribution in [0.1, 0.15) is 5.56 Å². The molecule has 0 saturated carbocycles. The van der Waals surface area contributed by atoms with E-state index < -0.39 is 6.03 Å². The van der Waals surface area contributed by atoms with Crippen LogP contribution in [-0.2, 0) is 4.79 Å². The zero-order chi connectivity index (χ0) is 22.8. The van der Waals surface area contributed by atoms with Crippen LogP contribution in [0.2, 0.25) is 0 Å². The molecule has 0 heterocycles. The smallest absolute Gasteiger partial charge is 0.332 e. The number of nitrogens with zero attached hydrogens (tertiary/aromatic N) is 1. The molecular weight excluding hydrogens is 412 g/mol. The van der Waals surface area contributed by atoms with Crippen molar-refractivity contribution in [2.75, 3.05) is 19.0 Å². The van der Waals surface area contributed by atoms with Gasteiger partial charge in [0.05, 0.1) is 13.3 Å². The van der Waals surface area contributed by atoms with Crippen molar-refractivity contribution in [3.8, 4) is 23.0 Å². The highest BCUT2D eigenvalue weighted by Gasteiger charge is 2.09. The van der Waals surface area contributed by atoms with Crippen molar-refractivity contribution in [1.82, 2.24) is 5.43 Å². The number of carbonyl (C=O) groups is 2. The number of carbonyl (C=O) groups excluding carboxylic acids is 2. The minimum absolute atomic E-state index is 0.213. The predicted molar refractivity (Wildman–Crippen MR) is 120 cm³/mol. The molecule has 3 rings (SSSR count). The number of benzene rings is 3. The number of amides is 3. The van der Waals surface area contributed by atoms with Gasteiger partial charge in [-0.15, -0.1) is 0 Å². The van der Waals surface area contributed by atoms with Crippen molar-refractivity contribution in [2.45, 2.75) is 0 Å². The average molecular weight is 434 g/mol. The highest BCUT2D eigenvalue weighted by Crippen LogP contribution is 2.28. The Labute approximate surface area is 184 Å². The van der Waals surface area contributed by atoms with Gasteiger partial charge in [0.25, 0.3) is 5.91 Å². The summed E-state index contributed by atoms with van der Waals surface area (Å²) < 4.78 is 16.6. The molecule has 0 atom stereocenters. The lowest BCUT2D eigenvalue weighted by atomic mass is 10.2. The number of urea groups is 1. The van der Waals surface area contributed by atoms with Crippen LogP contribution in [0.3, 0.4) is 0 Å². The topological polar surface area (TPSA) is 124 Å². The summed E-state index contributed by atoms with van der Waals surface area (Å²) in [5.41, 5.74) is 8.30. The molecule has 0 saturated heterocycles. The molecule has 0 radical (unpaired) electrons. The highest BCUT2D eigenvalue weighted by molar-refractivity contribution is 5.92. The van der Waals surface area contributed by atoms with Gasteiger partial charge in [0.15, 0.2) is 18.1 Å². The molecule has 4 N–H and O–H groups in total. The molecule has 0 spiro atoms. The summed E-state index contributed by atoms with van der Waals surface area (Å²) in [7, 11) is 1.48. The maximum absolute atomic E-state index is 12.3. The normalized spacial score (nSPS) is 10.4. The third-order valence-corrected chi connectivity index (χ3v) is 4.05. The van der Waals surface area contributed by atoms with Crippen LogP contribution >= 0.6 is 0 Å². The standard InChI is InChI=1S/C23H22N4O5/c1-30-21-13-16(14-25-27-23(24)29)7-12-20(21)31-15-22(28)26-17-8-10-19(11-9-17)32-18-5-3-2-4-6-18/h2-14H,15H2,1H3,(H,26,28)(H3,24,27,29)/b25-14+. The van der Waals surface area contributed by atoms with Crippen molar-refractivity contribution in [3.05, 3.63) is 78.4 Å². The van der Waals surface area contributed by atoms with Crippen LogP contribution in [0.15, 0.2) is 77.9 Å². The van der Waals surface area contributed by atoms with Gasteiger partial charge >= 0.3 is 6.03 Å². The Balaban J connectivity index is 1.53. The van der Waals surface area contributed by atoms with Gasteiger partial charge < -0.3 is 25.3 Å². The van der Waals surface area contributed by atoms with Gasteiger partial charge in [-0.2, -0.15) is 5.10 Å².